The minimum atomic E-state index is -0.716. The van der Waals surface area contributed by atoms with Gasteiger partial charge in [0.2, 0.25) is 0 Å². The highest BCUT2D eigenvalue weighted by atomic mass is 19.1. The van der Waals surface area contributed by atoms with Crippen molar-refractivity contribution in [1.82, 2.24) is 19.9 Å². The lowest BCUT2D eigenvalue weighted by Gasteiger charge is -2.31. The average Bonchev–Trinajstić information content (AvgIpc) is 3.43. The van der Waals surface area contributed by atoms with Crippen LogP contribution in [0.25, 0.3) is 22.2 Å². The van der Waals surface area contributed by atoms with E-state index in [-0.39, 0.29) is 40.5 Å². The van der Waals surface area contributed by atoms with Gasteiger partial charge >= 0.3 is 0 Å². The number of nitrogens with one attached hydrogen (secondary N) is 1. The molecule has 0 aliphatic carbocycles. The van der Waals surface area contributed by atoms with Crippen LogP contribution in [-0.4, -0.2) is 61.9 Å². The Kier molecular flexibility index (Phi) is 6.94. The molecule has 192 valence electrons. The summed E-state index contributed by atoms with van der Waals surface area (Å²) in [4.78, 5) is 26.4. The van der Waals surface area contributed by atoms with Crippen LogP contribution in [0.3, 0.4) is 0 Å². The van der Waals surface area contributed by atoms with E-state index in [9.17, 15) is 9.90 Å². The number of aliphatic hydroxyl groups is 1. The largest absolute Gasteiger partial charge is 0.508 e. The maximum atomic E-state index is 15.9. The number of hydrogen-bond acceptors (Lipinski definition) is 7. The molecule has 0 radical (unpaired) electrons. The van der Waals surface area contributed by atoms with Crippen LogP contribution in [0, 0.1) is 12.7 Å². The second kappa shape index (κ2) is 10.1. The van der Waals surface area contributed by atoms with Crippen LogP contribution in [0.5, 0.6) is 11.8 Å². The molecule has 0 spiro atoms. The molecule has 9 heteroatoms. The summed E-state index contributed by atoms with van der Waals surface area (Å²) in [6.07, 6.45) is 8.66. The second-order valence-electron chi connectivity index (χ2n) is 10.1. The number of aryl methyl sites for hydroxylation is 1. The third-order valence-corrected chi connectivity index (χ3v) is 7.76. The van der Waals surface area contributed by atoms with E-state index < -0.39 is 11.4 Å². The van der Waals surface area contributed by atoms with Gasteiger partial charge in [0.15, 0.2) is 5.82 Å². The zero-order chi connectivity index (χ0) is 25.3. The Morgan fingerprint density at radius 2 is 1.97 bits per heavy atom. The third kappa shape index (κ3) is 4.57. The number of hydrogen-bond donors (Lipinski definition) is 3. The summed E-state index contributed by atoms with van der Waals surface area (Å²) in [7, 11) is 0. The summed E-state index contributed by atoms with van der Waals surface area (Å²) in [5, 5.41) is 19.4. The summed E-state index contributed by atoms with van der Waals surface area (Å²) >= 11 is 0. The van der Waals surface area contributed by atoms with Gasteiger partial charge in [0.1, 0.15) is 23.6 Å². The van der Waals surface area contributed by atoms with Gasteiger partial charge in [-0.05, 0) is 88.2 Å². The molecular weight excluding hydrogens is 463 g/mol. The maximum absolute atomic E-state index is 15.9. The summed E-state index contributed by atoms with van der Waals surface area (Å²) < 4.78 is 21.9. The highest BCUT2D eigenvalue weighted by Gasteiger charge is 2.45. The average molecular weight is 497 g/mol. The number of aliphatic hydroxyl groups excluding tert-OH is 1. The summed E-state index contributed by atoms with van der Waals surface area (Å²) in [6.45, 7) is 4.52. The number of aromatic nitrogens is 3. The monoisotopic (exact) mass is 496 g/mol. The molecule has 3 N–H and O–H groups in total. The molecule has 5 rings (SSSR count). The van der Waals surface area contributed by atoms with Crippen LogP contribution in [-0.2, 0) is 6.42 Å². The zero-order valence-corrected chi connectivity index (χ0v) is 20.6. The molecule has 0 bridgehead atoms. The molecule has 0 amide bonds. The molecule has 36 heavy (non-hydrogen) atoms. The summed E-state index contributed by atoms with van der Waals surface area (Å²) in [6, 6.07) is 3.16. The van der Waals surface area contributed by atoms with Gasteiger partial charge in [-0.3, -0.25) is 19.7 Å². The predicted molar refractivity (Wildman–Crippen MR) is 135 cm³/mol. The van der Waals surface area contributed by atoms with E-state index in [1.807, 2.05) is 6.92 Å². The van der Waals surface area contributed by atoms with Crippen molar-refractivity contribution in [2.45, 2.75) is 63.8 Å². The fraction of sp³-hybridized carbons (Fsp3) is 0.519. The van der Waals surface area contributed by atoms with E-state index in [0.29, 0.717) is 25.0 Å². The van der Waals surface area contributed by atoms with Gasteiger partial charge in [-0.1, -0.05) is 6.42 Å². The number of unbranched alkanes of at least 4 members (excludes halogenated alkanes) is 2. The van der Waals surface area contributed by atoms with Gasteiger partial charge in [0.25, 0.3) is 11.6 Å². The van der Waals surface area contributed by atoms with Crippen molar-refractivity contribution < 1.29 is 19.3 Å². The molecule has 0 saturated carbocycles. The number of ether oxygens (including phenoxy) is 1. The van der Waals surface area contributed by atoms with Crippen molar-refractivity contribution in [2.75, 3.05) is 26.3 Å². The molecule has 2 fully saturated rings. The zero-order valence-electron chi connectivity index (χ0n) is 20.6. The third-order valence-electron chi connectivity index (χ3n) is 7.76. The molecule has 3 aromatic rings. The highest BCUT2D eigenvalue weighted by molar-refractivity contribution is 5.83. The van der Waals surface area contributed by atoms with E-state index in [2.05, 4.69) is 19.9 Å². The molecule has 1 aromatic carbocycles. The van der Waals surface area contributed by atoms with Gasteiger partial charge in [-0.2, -0.15) is 4.98 Å². The molecular formula is C27H33FN4O4. The number of phenolic OH excluding ortho intramolecular Hbond substituents is 1. The Labute approximate surface area is 209 Å². The normalized spacial score (nSPS) is 17.1. The van der Waals surface area contributed by atoms with Gasteiger partial charge < -0.3 is 14.9 Å². The van der Waals surface area contributed by atoms with Crippen LogP contribution >= 0.6 is 0 Å². The minimum absolute atomic E-state index is 0.00740. The van der Waals surface area contributed by atoms with Crippen LogP contribution in [0.2, 0.25) is 0 Å². The summed E-state index contributed by atoms with van der Waals surface area (Å²) in [5.41, 5.74) is 1.59. The number of benzene rings is 1. The van der Waals surface area contributed by atoms with Gasteiger partial charge in [0.05, 0.1) is 10.9 Å². The van der Waals surface area contributed by atoms with Crippen molar-refractivity contribution in [3.05, 3.63) is 45.6 Å². The predicted octanol–water partition coefficient (Wildman–Crippen LogP) is 3.85. The van der Waals surface area contributed by atoms with Crippen molar-refractivity contribution in [3.8, 4) is 23.0 Å². The fourth-order valence-electron chi connectivity index (χ4n) is 5.90. The van der Waals surface area contributed by atoms with Crippen molar-refractivity contribution in [2.24, 2.45) is 0 Å². The standard InChI is InChI=1S/C27H33FN4O4/c1-17-13-18(34)14-20(19(17)7-3-2-4-12-33)23-22(28)24-21(15-29-23)25(35)31-26(30-24)36-16-27-8-5-10-32(27)11-6-9-27/h13-15,33-34H,2-12,16H2,1H3,(H,30,31,35). The lowest BCUT2D eigenvalue weighted by molar-refractivity contribution is 0.107. The van der Waals surface area contributed by atoms with Crippen molar-refractivity contribution >= 4 is 10.9 Å². The summed E-state index contributed by atoms with van der Waals surface area (Å²) in [5.74, 6) is -0.700. The number of nitrogens with zero attached hydrogens (tertiary/aromatic N) is 3. The Balaban J connectivity index is 1.50. The highest BCUT2D eigenvalue weighted by Crippen LogP contribution is 2.39. The number of pyridine rings is 1. The van der Waals surface area contributed by atoms with Crippen LogP contribution in [0.15, 0.2) is 23.1 Å². The number of phenols is 1. The number of aromatic amines is 1. The fourth-order valence-corrected chi connectivity index (χ4v) is 5.90. The molecule has 2 aliphatic heterocycles. The van der Waals surface area contributed by atoms with E-state index in [0.717, 1.165) is 62.7 Å². The van der Waals surface area contributed by atoms with Gasteiger partial charge in [-0.15, -0.1) is 0 Å². The van der Waals surface area contributed by atoms with E-state index >= 15 is 4.39 Å². The molecule has 2 aliphatic rings. The van der Waals surface area contributed by atoms with E-state index in [4.69, 9.17) is 9.84 Å². The smallest absolute Gasteiger partial charge is 0.297 e. The Morgan fingerprint density at radius 3 is 2.72 bits per heavy atom. The maximum Gasteiger partial charge on any atom is 0.297 e. The first kappa shape index (κ1) is 24.6. The first-order chi connectivity index (χ1) is 17.4. The molecule has 4 heterocycles. The lowest BCUT2D eigenvalue weighted by Crippen LogP contribution is -2.43. The first-order valence-electron chi connectivity index (χ1n) is 12.8. The van der Waals surface area contributed by atoms with Gasteiger partial charge in [-0.25, -0.2) is 4.39 Å². The molecule has 8 nitrogen and oxygen atoms in total. The number of fused-ring (bicyclic) bond motifs is 2. The van der Waals surface area contributed by atoms with Crippen LogP contribution in [0.1, 0.15) is 56.1 Å². The van der Waals surface area contributed by atoms with Crippen molar-refractivity contribution in [3.63, 3.8) is 0 Å². The number of H-pyrrole nitrogens is 1. The molecule has 2 saturated heterocycles. The van der Waals surface area contributed by atoms with E-state index in [1.165, 1.54) is 12.3 Å². The van der Waals surface area contributed by atoms with Crippen LogP contribution < -0.4 is 10.3 Å². The van der Waals surface area contributed by atoms with Crippen LogP contribution in [0.4, 0.5) is 4.39 Å². The lowest BCUT2D eigenvalue weighted by atomic mass is 9.93. The molecule has 2 aromatic heterocycles. The molecule has 0 unspecified atom stereocenters. The SMILES string of the molecule is Cc1cc(O)cc(-c2ncc3c(=O)[nH]c(OCC45CCCN4CCC5)nc3c2F)c1CCCCCO. The number of rotatable bonds is 9. The second-order valence-corrected chi connectivity index (χ2v) is 10.1. The van der Waals surface area contributed by atoms with Crippen molar-refractivity contribution in [1.29, 1.82) is 0 Å². The quantitative estimate of drug-likeness (QED) is 0.386. The number of halogens is 1. The van der Waals surface area contributed by atoms with Gasteiger partial charge in [0, 0.05) is 18.4 Å². The Hall–Kier alpha value is -3.04. The Morgan fingerprint density at radius 1 is 1.19 bits per heavy atom. The minimum Gasteiger partial charge on any atom is -0.508 e. The first-order valence-corrected chi connectivity index (χ1v) is 12.8. The Bertz CT molecular complexity index is 1320. The number of aromatic hydroxyl groups is 1. The van der Waals surface area contributed by atoms with E-state index in [1.54, 1.807) is 6.07 Å². The topological polar surface area (TPSA) is 112 Å². The molecule has 0 atom stereocenters.